The molecule has 0 bridgehead atoms. The zero-order chi connectivity index (χ0) is 18.3. The summed E-state index contributed by atoms with van der Waals surface area (Å²) >= 11 is 0. The van der Waals surface area contributed by atoms with Crippen LogP contribution in [0.1, 0.15) is 38.6 Å². The molecule has 1 aromatic carbocycles. The van der Waals surface area contributed by atoms with Crippen molar-refractivity contribution < 1.29 is 4.79 Å². The van der Waals surface area contributed by atoms with Crippen LogP contribution < -0.4 is 0 Å². The first-order valence-corrected chi connectivity index (χ1v) is 8.41. The standard InChI is InChI=1S/C20H24N4O/c1-12-8-7-9-16-17(10-13(2)21-19(12)16)20(25)23(5)11-18-14(3)22-24(6)15(18)4/h7-10H,11H2,1-6H3. The molecule has 1 amide bonds. The van der Waals surface area contributed by atoms with E-state index in [0.717, 1.165) is 39.1 Å². The largest absolute Gasteiger partial charge is 0.337 e. The van der Waals surface area contributed by atoms with Crippen molar-refractivity contribution in [2.75, 3.05) is 7.05 Å². The van der Waals surface area contributed by atoms with Crippen molar-refractivity contribution in [1.29, 1.82) is 0 Å². The highest BCUT2D eigenvalue weighted by Gasteiger charge is 2.19. The lowest BCUT2D eigenvalue weighted by atomic mass is 10.0. The van der Waals surface area contributed by atoms with E-state index in [2.05, 4.69) is 10.1 Å². The Morgan fingerprint density at radius 3 is 2.56 bits per heavy atom. The van der Waals surface area contributed by atoms with Gasteiger partial charge in [-0.2, -0.15) is 5.10 Å². The zero-order valence-corrected chi connectivity index (χ0v) is 15.7. The smallest absolute Gasteiger partial charge is 0.254 e. The van der Waals surface area contributed by atoms with Gasteiger partial charge in [0.05, 0.1) is 16.8 Å². The van der Waals surface area contributed by atoms with E-state index in [1.807, 2.05) is 70.7 Å². The van der Waals surface area contributed by atoms with Crippen LogP contribution in [0.3, 0.4) is 0 Å². The molecule has 0 saturated carbocycles. The highest BCUT2D eigenvalue weighted by atomic mass is 16.2. The number of benzene rings is 1. The molecular formula is C20H24N4O. The number of para-hydroxylation sites is 1. The van der Waals surface area contributed by atoms with Crippen LogP contribution in [0.5, 0.6) is 0 Å². The molecule has 0 unspecified atom stereocenters. The van der Waals surface area contributed by atoms with Gasteiger partial charge in [0.2, 0.25) is 0 Å². The molecular weight excluding hydrogens is 312 g/mol. The Kier molecular flexibility index (Phi) is 4.33. The Labute approximate surface area is 148 Å². The van der Waals surface area contributed by atoms with Gasteiger partial charge in [-0.1, -0.05) is 18.2 Å². The molecule has 2 aromatic heterocycles. The molecule has 130 valence electrons. The topological polar surface area (TPSA) is 51.0 Å². The summed E-state index contributed by atoms with van der Waals surface area (Å²) in [6, 6.07) is 7.84. The van der Waals surface area contributed by atoms with E-state index in [0.29, 0.717) is 12.1 Å². The number of fused-ring (bicyclic) bond motifs is 1. The lowest BCUT2D eigenvalue weighted by Crippen LogP contribution is -2.27. The molecule has 0 radical (unpaired) electrons. The maximum Gasteiger partial charge on any atom is 0.254 e. The van der Waals surface area contributed by atoms with Crippen molar-refractivity contribution in [1.82, 2.24) is 19.7 Å². The SMILES string of the molecule is Cc1cc(C(=O)N(C)Cc2c(C)nn(C)c2C)c2cccc(C)c2n1. The molecule has 0 aliphatic heterocycles. The predicted octanol–water partition coefficient (Wildman–Crippen LogP) is 3.47. The third-order valence-electron chi connectivity index (χ3n) is 4.80. The molecule has 2 heterocycles. The molecule has 0 aliphatic rings. The summed E-state index contributed by atoms with van der Waals surface area (Å²) in [6.45, 7) is 8.51. The van der Waals surface area contributed by atoms with Crippen LogP contribution in [0.25, 0.3) is 10.9 Å². The summed E-state index contributed by atoms with van der Waals surface area (Å²) in [7, 11) is 3.77. The van der Waals surface area contributed by atoms with Crippen molar-refractivity contribution in [2.45, 2.75) is 34.2 Å². The third-order valence-corrected chi connectivity index (χ3v) is 4.80. The van der Waals surface area contributed by atoms with Crippen LogP contribution in [-0.4, -0.2) is 32.6 Å². The second kappa shape index (κ2) is 6.31. The number of nitrogens with zero attached hydrogens (tertiary/aromatic N) is 4. The quantitative estimate of drug-likeness (QED) is 0.736. The summed E-state index contributed by atoms with van der Waals surface area (Å²) in [5, 5.41) is 5.34. The van der Waals surface area contributed by atoms with E-state index >= 15 is 0 Å². The number of hydrogen-bond donors (Lipinski definition) is 0. The van der Waals surface area contributed by atoms with Gasteiger partial charge in [0, 0.05) is 43.0 Å². The fraction of sp³-hybridized carbons (Fsp3) is 0.350. The number of hydrogen-bond acceptors (Lipinski definition) is 3. The van der Waals surface area contributed by atoms with E-state index in [1.165, 1.54) is 0 Å². The van der Waals surface area contributed by atoms with E-state index in [-0.39, 0.29) is 5.91 Å². The highest BCUT2D eigenvalue weighted by Crippen LogP contribution is 2.23. The van der Waals surface area contributed by atoms with Gasteiger partial charge in [-0.25, -0.2) is 0 Å². The molecule has 5 heteroatoms. The van der Waals surface area contributed by atoms with Gasteiger partial charge in [0.15, 0.2) is 0 Å². The Balaban J connectivity index is 2.00. The maximum absolute atomic E-state index is 13.1. The van der Waals surface area contributed by atoms with Crippen molar-refractivity contribution >= 4 is 16.8 Å². The van der Waals surface area contributed by atoms with Crippen molar-refractivity contribution in [3.8, 4) is 0 Å². The van der Waals surface area contributed by atoms with Gasteiger partial charge < -0.3 is 4.90 Å². The summed E-state index contributed by atoms with van der Waals surface area (Å²) in [5.41, 5.74) is 6.68. The van der Waals surface area contributed by atoms with Gasteiger partial charge in [-0.15, -0.1) is 0 Å². The summed E-state index contributed by atoms with van der Waals surface area (Å²) in [5.74, 6) is 0.00348. The normalized spacial score (nSPS) is 11.1. The van der Waals surface area contributed by atoms with E-state index in [4.69, 9.17) is 0 Å². The fourth-order valence-corrected chi connectivity index (χ4v) is 3.26. The monoisotopic (exact) mass is 336 g/mol. The molecule has 3 rings (SSSR count). The van der Waals surface area contributed by atoms with Gasteiger partial charge in [-0.05, 0) is 39.3 Å². The van der Waals surface area contributed by atoms with Crippen molar-refractivity contribution in [3.63, 3.8) is 0 Å². The van der Waals surface area contributed by atoms with Gasteiger partial charge in [0.1, 0.15) is 0 Å². The minimum Gasteiger partial charge on any atom is -0.337 e. The number of aromatic nitrogens is 3. The van der Waals surface area contributed by atoms with Gasteiger partial charge in [0.25, 0.3) is 5.91 Å². The Bertz CT molecular complexity index is 971. The summed E-state index contributed by atoms with van der Waals surface area (Å²) in [6.07, 6.45) is 0. The van der Waals surface area contributed by atoms with Crippen LogP contribution in [0.15, 0.2) is 24.3 Å². The molecule has 0 spiro atoms. The first-order chi connectivity index (χ1) is 11.8. The second-order valence-corrected chi connectivity index (χ2v) is 6.72. The summed E-state index contributed by atoms with van der Waals surface area (Å²) in [4.78, 5) is 19.5. The molecule has 0 atom stereocenters. The number of carbonyl (C=O) groups excluding carboxylic acids is 1. The summed E-state index contributed by atoms with van der Waals surface area (Å²) < 4.78 is 1.86. The average molecular weight is 336 g/mol. The predicted molar refractivity (Wildman–Crippen MR) is 99.7 cm³/mol. The molecule has 0 fully saturated rings. The Hall–Kier alpha value is -2.69. The van der Waals surface area contributed by atoms with Crippen LogP contribution in [0.2, 0.25) is 0 Å². The molecule has 0 N–H and O–H groups in total. The first-order valence-electron chi connectivity index (χ1n) is 8.41. The number of pyridine rings is 1. The van der Waals surface area contributed by atoms with E-state index in [1.54, 1.807) is 4.90 Å². The molecule has 5 nitrogen and oxygen atoms in total. The lowest BCUT2D eigenvalue weighted by molar-refractivity contribution is 0.0786. The average Bonchev–Trinajstić information content (AvgIpc) is 2.80. The van der Waals surface area contributed by atoms with Crippen LogP contribution in [0, 0.1) is 27.7 Å². The molecule has 0 saturated heterocycles. The van der Waals surface area contributed by atoms with Gasteiger partial charge >= 0.3 is 0 Å². The second-order valence-electron chi connectivity index (χ2n) is 6.72. The zero-order valence-electron chi connectivity index (χ0n) is 15.7. The number of carbonyl (C=O) groups is 1. The van der Waals surface area contributed by atoms with Crippen LogP contribution >= 0.6 is 0 Å². The third kappa shape index (κ3) is 3.02. The Morgan fingerprint density at radius 1 is 1.20 bits per heavy atom. The molecule has 25 heavy (non-hydrogen) atoms. The van der Waals surface area contributed by atoms with Gasteiger partial charge in [-0.3, -0.25) is 14.5 Å². The van der Waals surface area contributed by atoms with Crippen LogP contribution in [-0.2, 0) is 13.6 Å². The Morgan fingerprint density at radius 2 is 1.92 bits per heavy atom. The molecule has 3 aromatic rings. The lowest BCUT2D eigenvalue weighted by Gasteiger charge is -2.19. The minimum atomic E-state index is 0.00348. The number of amides is 1. The minimum absolute atomic E-state index is 0.00348. The first kappa shape index (κ1) is 17.1. The number of rotatable bonds is 3. The number of aryl methyl sites for hydroxylation is 4. The van der Waals surface area contributed by atoms with Crippen molar-refractivity contribution in [2.24, 2.45) is 7.05 Å². The fourth-order valence-electron chi connectivity index (χ4n) is 3.26. The highest BCUT2D eigenvalue weighted by molar-refractivity contribution is 6.06. The van der Waals surface area contributed by atoms with Crippen molar-refractivity contribution in [3.05, 3.63) is 58.0 Å². The van der Waals surface area contributed by atoms with E-state index in [9.17, 15) is 4.79 Å². The molecule has 0 aliphatic carbocycles. The van der Waals surface area contributed by atoms with Crippen LogP contribution in [0.4, 0.5) is 0 Å². The van der Waals surface area contributed by atoms with E-state index < -0.39 is 0 Å². The maximum atomic E-state index is 13.1.